The van der Waals surface area contributed by atoms with Crippen LogP contribution in [0.25, 0.3) is 0 Å². The van der Waals surface area contributed by atoms with Gasteiger partial charge in [0.1, 0.15) is 6.61 Å². The molecule has 0 amide bonds. The molecule has 92 valence electrons. The molecule has 5 heteroatoms. The molecular formula is C11H21N3OS. The smallest absolute Gasteiger partial charge is 0.191 e. The number of aliphatic hydroxyl groups excluding tert-OH is 1. The maximum Gasteiger partial charge on any atom is 0.191 e. The maximum atomic E-state index is 9.14. The Bertz CT molecular complexity index is 312. The molecule has 0 aliphatic heterocycles. The molecule has 1 aromatic rings. The second-order valence-corrected chi connectivity index (χ2v) is 5.30. The summed E-state index contributed by atoms with van der Waals surface area (Å²) in [5.74, 6) is 2.45. The van der Waals surface area contributed by atoms with Crippen LogP contribution in [-0.2, 0) is 13.2 Å². The molecule has 0 radical (unpaired) electrons. The monoisotopic (exact) mass is 243 g/mol. The molecule has 1 heterocycles. The van der Waals surface area contributed by atoms with Crippen LogP contribution >= 0.6 is 11.8 Å². The van der Waals surface area contributed by atoms with Crippen molar-refractivity contribution in [2.45, 2.75) is 51.9 Å². The first-order valence-corrected chi connectivity index (χ1v) is 6.83. The zero-order valence-electron chi connectivity index (χ0n) is 10.3. The highest BCUT2D eigenvalue weighted by Crippen LogP contribution is 2.20. The number of hydrogen-bond donors (Lipinski definition) is 1. The molecule has 0 fully saturated rings. The van der Waals surface area contributed by atoms with Gasteiger partial charge >= 0.3 is 0 Å². The summed E-state index contributed by atoms with van der Waals surface area (Å²) in [6.45, 7) is 7.40. The van der Waals surface area contributed by atoms with Crippen molar-refractivity contribution in [3.8, 4) is 0 Å². The van der Waals surface area contributed by atoms with E-state index in [1.165, 1.54) is 6.42 Å². The van der Waals surface area contributed by atoms with Gasteiger partial charge in [-0.25, -0.2) is 0 Å². The first-order valence-electron chi connectivity index (χ1n) is 5.84. The van der Waals surface area contributed by atoms with Crippen LogP contribution in [-0.4, -0.2) is 25.6 Å². The van der Waals surface area contributed by atoms with Gasteiger partial charge in [0.2, 0.25) is 0 Å². The zero-order chi connectivity index (χ0) is 12.0. The van der Waals surface area contributed by atoms with Gasteiger partial charge in [0.15, 0.2) is 11.0 Å². The highest BCUT2D eigenvalue weighted by Gasteiger charge is 2.10. The summed E-state index contributed by atoms with van der Waals surface area (Å²) < 4.78 is 2.02. The van der Waals surface area contributed by atoms with E-state index in [-0.39, 0.29) is 6.61 Å². The van der Waals surface area contributed by atoms with Gasteiger partial charge in [-0.15, -0.1) is 10.2 Å². The highest BCUT2D eigenvalue weighted by molar-refractivity contribution is 7.99. The Kier molecular flexibility index (Phi) is 5.84. The van der Waals surface area contributed by atoms with Crippen LogP contribution < -0.4 is 0 Å². The van der Waals surface area contributed by atoms with Gasteiger partial charge in [-0.05, 0) is 18.8 Å². The molecule has 16 heavy (non-hydrogen) atoms. The predicted octanol–water partition coefficient (Wildman–Crippen LogP) is 2.32. The molecule has 1 N–H and O–H groups in total. The molecule has 1 aromatic heterocycles. The number of aromatic nitrogens is 3. The fourth-order valence-electron chi connectivity index (χ4n) is 1.38. The summed E-state index contributed by atoms with van der Waals surface area (Å²) in [6, 6.07) is 0. The summed E-state index contributed by atoms with van der Waals surface area (Å²) in [6.07, 6.45) is 2.21. The van der Waals surface area contributed by atoms with Crippen molar-refractivity contribution in [3.63, 3.8) is 0 Å². The average Bonchev–Trinajstić information content (AvgIpc) is 2.61. The summed E-state index contributed by atoms with van der Waals surface area (Å²) >= 11 is 1.73. The van der Waals surface area contributed by atoms with E-state index < -0.39 is 0 Å². The number of aliphatic hydroxyl groups is 1. The molecule has 0 spiro atoms. The second kappa shape index (κ2) is 6.91. The SMILES string of the molecule is CCCn1c(CO)nnc1SCCC(C)C. The molecule has 0 atom stereocenters. The van der Waals surface area contributed by atoms with Gasteiger partial charge in [-0.2, -0.15) is 0 Å². The van der Waals surface area contributed by atoms with Crippen LogP contribution in [0, 0.1) is 5.92 Å². The van der Waals surface area contributed by atoms with Gasteiger partial charge in [-0.1, -0.05) is 32.5 Å². The maximum absolute atomic E-state index is 9.14. The van der Waals surface area contributed by atoms with Crippen molar-refractivity contribution in [2.24, 2.45) is 5.92 Å². The lowest BCUT2D eigenvalue weighted by Gasteiger charge is -2.07. The Balaban J connectivity index is 2.60. The van der Waals surface area contributed by atoms with E-state index >= 15 is 0 Å². The van der Waals surface area contributed by atoms with Gasteiger partial charge in [0.25, 0.3) is 0 Å². The molecule has 4 nitrogen and oxygen atoms in total. The van der Waals surface area contributed by atoms with Crippen LogP contribution in [0.2, 0.25) is 0 Å². The van der Waals surface area contributed by atoms with Crippen molar-refractivity contribution in [2.75, 3.05) is 5.75 Å². The highest BCUT2D eigenvalue weighted by atomic mass is 32.2. The van der Waals surface area contributed by atoms with E-state index in [0.717, 1.165) is 23.9 Å². The predicted molar refractivity (Wildman–Crippen MR) is 66.4 cm³/mol. The van der Waals surface area contributed by atoms with Crippen LogP contribution in [0.15, 0.2) is 5.16 Å². The van der Waals surface area contributed by atoms with Gasteiger partial charge < -0.3 is 9.67 Å². The minimum absolute atomic E-state index is 0.0300. The summed E-state index contributed by atoms with van der Waals surface area (Å²) in [5, 5.41) is 18.2. The first-order chi connectivity index (χ1) is 7.69. The van der Waals surface area contributed by atoms with E-state index in [1.54, 1.807) is 11.8 Å². The fraction of sp³-hybridized carbons (Fsp3) is 0.818. The van der Waals surface area contributed by atoms with E-state index in [2.05, 4.69) is 31.0 Å². The fourth-order valence-corrected chi connectivity index (χ4v) is 2.60. The van der Waals surface area contributed by atoms with Crippen molar-refractivity contribution in [1.82, 2.24) is 14.8 Å². The summed E-state index contributed by atoms with van der Waals surface area (Å²) in [5.41, 5.74) is 0. The van der Waals surface area contributed by atoms with Crippen molar-refractivity contribution in [1.29, 1.82) is 0 Å². The van der Waals surface area contributed by atoms with Crippen molar-refractivity contribution in [3.05, 3.63) is 5.82 Å². The standard InChI is InChI=1S/C11H21N3OS/c1-4-6-14-10(8-15)12-13-11(14)16-7-5-9(2)3/h9,15H,4-8H2,1-3H3. The normalized spacial score (nSPS) is 11.3. The van der Waals surface area contributed by atoms with Crippen molar-refractivity contribution < 1.29 is 5.11 Å². The zero-order valence-corrected chi connectivity index (χ0v) is 11.1. The number of thioether (sulfide) groups is 1. The van der Waals surface area contributed by atoms with Gasteiger partial charge in [-0.3, -0.25) is 0 Å². The second-order valence-electron chi connectivity index (χ2n) is 4.24. The Morgan fingerprint density at radius 3 is 2.69 bits per heavy atom. The Morgan fingerprint density at radius 2 is 2.12 bits per heavy atom. The largest absolute Gasteiger partial charge is 0.388 e. The lowest BCUT2D eigenvalue weighted by Crippen LogP contribution is -2.05. The van der Waals surface area contributed by atoms with Crippen LogP contribution in [0.3, 0.4) is 0 Å². The van der Waals surface area contributed by atoms with Crippen LogP contribution in [0.1, 0.15) is 39.4 Å². The minimum Gasteiger partial charge on any atom is -0.388 e. The third-order valence-electron chi connectivity index (χ3n) is 2.31. The minimum atomic E-state index is -0.0300. The molecule has 0 saturated heterocycles. The third-order valence-corrected chi connectivity index (χ3v) is 3.31. The van der Waals surface area contributed by atoms with E-state index in [9.17, 15) is 0 Å². The molecule has 0 unspecified atom stereocenters. The average molecular weight is 243 g/mol. The van der Waals surface area contributed by atoms with Gasteiger partial charge in [0, 0.05) is 12.3 Å². The number of rotatable bonds is 7. The van der Waals surface area contributed by atoms with E-state index in [4.69, 9.17) is 5.11 Å². The molecular weight excluding hydrogens is 222 g/mol. The summed E-state index contributed by atoms with van der Waals surface area (Å²) in [4.78, 5) is 0. The lowest BCUT2D eigenvalue weighted by atomic mass is 10.2. The quantitative estimate of drug-likeness (QED) is 0.747. The van der Waals surface area contributed by atoms with Crippen molar-refractivity contribution >= 4 is 11.8 Å². The Morgan fingerprint density at radius 1 is 1.38 bits per heavy atom. The Labute approximate surface area is 101 Å². The Hall–Kier alpha value is -0.550. The van der Waals surface area contributed by atoms with Crippen LogP contribution in [0.5, 0.6) is 0 Å². The molecule has 0 aliphatic rings. The molecule has 0 aromatic carbocycles. The molecule has 0 bridgehead atoms. The summed E-state index contributed by atoms with van der Waals surface area (Å²) in [7, 11) is 0. The third kappa shape index (κ3) is 3.79. The van der Waals surface area contributed by atoms with E-state index in [0.29, 0.717) is 11.7 Å². The lowest BCUT2D eigenvalue weighted by molar-refractivity contribution is 0.263. The van der Waals surface area contributed by atoms with E-state index in [1.807, 2.05) is 4.57 Å². The number of hydrogen-bond acceptors (Lipinski definition) is 4. The number of nitrogens with zero attached hydrogens (tertiary/aromatic N) is 3. The molecule has 1 rings (SSSR count). The van der Waals surface area contributed by atoms with Gasteiger partial charge in [0.05, 0.1) is 0 Å². The molecule has 0 saturated carbocycles. The molecule has 0 aliphatic carbocycles. The topological polar surface area (TPSA) is 50.9 Å². The van der Waals surface area contributed by atoms with Crippen LogP contribution in [0.4, 0.5) is 0 Å². The first kappa shape index (κ1) is 13.5.